The lowest BCUT2D eigenvalue weighted by Gasteiger charge is -2.46. The van der Waals surface area contributed by atoms with Gasteiger partial charge in [0.25, 0.3) is 0 Å². The van der Waals surface area contributed by atoms with Gasteiger partial charge in [0.1, 0.15) is 11.0 Å². The molecule has 3 nitrogen and oxygen atoms in total. The van der Waals surface area contributed by atoms with Gasteiger partial charge >= 0.3 is 0 Å². The van der Waals surface area contributed by atoms with Crippen LogP contribution in [0.15, 0.2) is 60.7 Å². The average molecular weight is 506 g/mol. The van der Waals surface area contributed by atoms with Gasteiger partial charge in [-0.3, -0.25) is 0 Å². The lowest BCUT2D eigenvalue weighted by atomic mass is 9.63. The summed E-state index contributed by atoms with van der Waals surface area (Å²) in [7, 11) is 0. The summed E-state index contributed by atoms with van der Waals surface area (Å²) in [5, 5.41) is 10.5. The van der Waals surface area contributed by atoms with Crippen molar-refractivity contribution in [2.45, 2.75) is 65.1 Å². The number of hydrogen-bond acceptors (Lipinski definition) is 3. The van der Waals surface area contributed by atoms with Crippen molar-refractivity contribution in [2.24, 2.45) is 0 Å². The van der Waals surface area contributed by atoms with Gasteiger partial charge in [-0.15, -0.1) is 0 Å². The lowest BCUT2D eigenvalue weighted by Crippen LogP contribution is -2.48. The van der Waals surface area contributed by atoms with E-state index in [0.29, 0.717) is 35.9 Å². The van der Waals surface area contributed by atoms with Gasteiger partial charge < -0.3 is 9.84 Å². The van der Waals surface area contributed by atoms with Crippen molar-refractivity contribution >= 4 is 23.2 Å². The highest BCUT2D eigenvalue weighted by Gasteiger charge is 2.46. The van der Waals surface area contributed by atoms with E-state index in [0.717, 1.165) is 11.1 Å². The molecule has 3 aromatic rings. The maximum atomic E-state index is 13.5. The normalized spacial score (nSPS) is 18.6. The number of aromatic nitrogens is 1. The average Bonchev–Trinajstić information content (AvgIpc) is 2.82. The summed E-state index contributed by atoms with van der Waals surface area (Å²) in [5.74, 6) is -0.484. The minimum atomic E-state index is -0.484. The summed E-state index contributed by atoms with van der Waals surface area (Å²) in [6.07, 6.45) is 2.71. The topological polar surface area (TPSA) is 42.4 Å². The van der Waals surface area contributed by atoms with E-state index in [1.165, 1.54) is 18.6 Å². The molecule has 2 aromatic carbocycles. The fourth-order valence-corrected chi connectivity index (χ4v) is 4.17. The van der Waals surface area contributed by atoms with Crippen molar-refractivity contribution in [3.63, 3.8) is 0 Å². The maximum Gasteiger partial charge on any atom is 0.141 e. The predicted molar refractivity (Wildman–Crippen MR) is 140 cm³/mol. The van der Waals surface area contributed by atoms with E-state index in [-0.39, 0.29) is 17.7 Å². The second-order valence-corrected chi connectivity index (χ2v) is 8.96. The van der Waals surface area contributed by atoms with Crippen molar-refractivity contribution in [1.82, 2.24) is 4.98 Å². The zero-order valence-corrected chi connectivity index (χ0v) is 21.8. The van der Waals surface area contributed by atoms with Crippen LogP contribution in [-0.4, -0.2) is 22.8 Å². The van der Waals surface area contributed by atoms with E-state index in [9.17, 15) is 9.50 Å². The predicted octanol–water partition coefficient (Wildman–Crippen LogP) is 8.25. The number of aliphatic hydroxyl groups excluding tert-OH is 1. The molecule has 1 aliphatic carbocycles. The molecular weight excluding hydrogens is 472 g/mol. The van der Waals surface area contributed by atoms with E-state index in [4.69, 9.17) is 27.9 Å². The molecule has 1 fully saturated rings. The second kappa shape index (κ2) is 13.8. The fraction of sp³-hybridized carbons (Fsp3) is 0.393. The minimum Gasteiger partial charge on any atom is -0.395 e. The Bertz CT molecular complexity index is 1020. The summed E-state index contributed by atoms with van der Waals surface area (Å²) >= 11 is 12.2. The number of ether oxygens (including phenoxy) is 1. The Labute approximate surface area is 212 Å². The third kappa shape index (κ3) is 7.26. The van der Waals surface area contributed by atoms with Crippen LogP contribution < -0.4 is 0 Å². The summed E-state index contributed by atoms with van der Waals surface area (Å²) in [5.41, 5.74) is 2.86. The molecule has 0 aliphatic heterocycles. The van der Waals surface area contributed by atoms with Crippen LogP contribution in [0.2, 0.25) is 10.2 Å². The van der Waals surface area contributed by atoms with Crippen molar-refractivity contribution in [1.29, 1.82) is 0 Å². The molecule has 0 bridgehead atoms. The van der Waals surface area contributed by atoms with Gasteiger partial charge in [0.05, 0.1) is 30.0 Å². The Morgan fingerprint density at radius 2 is 1.68 bits per heavy atom. The molecule has 6 heteroatoms. The van der Waals surface area contributed by atoms with Gasteiger partial charge in [-0.25, -0.2) is 9.37 Å². The molecule has 1 N–H and O–H groups in total. The molecule has 0 unspecified atom stereocenters. The zero-order valence-electron chi connectivity index (χ0n) is 20.3. The van der Waals surface area contributed by atoms with Crippen LogP contribution >= 0.6 is 23.2 Å². The van der Waals surface area contributed by atoms with Crippen LogP contribution in [0.5, 0.6) is 0 Å². The number of rotatable bonds is 6. The Balaban J connectivity index is 0.000000758. The van der Waals surface area contributed by atoms with E-state index < -0.39 is 11.2 Å². The molecule has 0 atom stereocenters. The highest BCUT2D eigenvalue weighted by atomic mass is 35.5. The van der Waals surface area contributed by atoms with Crippen LogP contribution in [0.3, 0.4) is 0 Å². The lowest BCUT2D eigenvalue weighted by molar-refractivity contribution is -0.0711. The molecule has 1 aromatic heterocycles. The molecule has 1 heterocycles. The molecule has 0 spiro atoms. The molecule has 0 saturated heterocycles. The first-order chi connectivity index (χ1) is 16.4. The maximum absolute atomic E-state index is 13.5. The first kappa shape index (κ1) is 28.3. The Morgan fingerprint density at radius 1 is 1.03 bits per heavy atom. The monoisotopic (exact) mass is 505 g/mol. The van der Waals surface area contributed by atoms with E-state index in [2.05, 4.69) is 18.8 Å². The summed E-state index contributed by atoms with van der Waals surface area (Å²) in [6, 6.07) is 18.1. The quantitative estimate of drug-likeness (QED) is 0.342. The van der Waals surface area contributed by atoms with Gasteiger partial charge in [0.15, 0.2) is 0 Å². The number of benzene rings is 2. The second-order valence-electron chi connectivity index (χ2n) is 8.17. The van der Waals surface area contributed by atoms with Gasteiger partial charge in [0.2, 0.25) is 0 Å². The Hall–Kier alpha value is -1.98. The summed E-state index contributed by atoms with van der Waals surface area (Å²) in [6.45, 7) is 8.78. The summed E-state index contributed by atoms with van der Waals surface area (Å²) in [4.78, 5) is 4.35. The highest BCUT2D eigenvalue weighted by molar-refractivity contribution is 6.31. The van der Waals surface area contributed by atoms with Crippen LogP contribution in [0.25, 0.3) is 11.3 Å². The van der Waals surface area contributed by atoms with Gasteiger partial charge in [-0.2, -0.15) is 0 Å². The number of hydrogen-bond donors (Lipinski definition) is 1. The molecular formula is C28H34Cl2FNO2. The molecule has 1 saturated carbocycles. The van der Waals surface area contributed by atoms with Crippen molar-refractivity contribution in [3.8, 4) is 11.3 Å². The third-order valence-corrected chi connectivity index (χ3v) is 5.97. The SMILES string of the molecule is CC.CCC.OCC1(c2cc(Cl)nc(-c3ccc(F)c(Cl)c3)c2)CC(OCc2ccccc2)C1. The number of pyridine rings is 1. The number of halogens is 3. The van der Waals surface area contributed by atoms with Crippen LogP contribution in [0.4, 0.5) is 4.39 Å². The minimum absolute atomic E-state index is 0.0118. The van der Waals surface area contributed by atoms with Gasteiger partial charge in [0, 0.05) is 11.0 Å². The van der Waals surface area contributed by atoms with E-state index in [1.807, 2.05) is 50.2 Å². The third-order valence-electron chi connectivity index (χ3n) is 5.49. The largest absolute Gasteiger partial charge is 0.395 e. The Morgan fingerprint density at radius 3 is 2.26 bits per heavy atom. The highest BCUT2D eigenvalue weighted by Crippen LogP contribution is 2.46. The molecule has 34 heavy (non-hydrogen) atoms. The van der Waals surface area contributed by atoms with Gasteiger partial charge in [-0.1, -0.05) is 87.6 Å². The van der Waals surface area contributed by atoms with E-state index >= 15 is 0 Å². The molecule has 0 amide bonds. The smallest absolute Gasteiger partial charge is 0.141 e. The van der Waals surface area contributed by atoms with Crippen molar-refractivity contribution in [3.05, 3.63) is 87.8 Å². The molecule has 184 valence electrons. The molecule has 4 rings (SSSR count). The standard InChI is InChI=1S/C23H20Cl2FNO2.C3H8.C2H6/c24-19-8-16(6-7-20(19)26)21-9-17(10-22(25)27-21)23(14-28)11-18(12-23)29-13-15-4-2-1-3-5-15;1-3-2;1-2/h1-10,18,28H,11-14H2;3H2,1-2H3;1-2H3. The number of aliphatic hydroxyl groups is 1. The summed E-state index contributed by atoms with van der Waals surface area (Å²) < 4.78 is 19.5. The van der Waals surface area contributed by atoms with Crippen LogP contribution in [0.1, 0.15) is 58.1 Å². The molecule has 0 radical (unpaired) electrons. The van der Waals surface area contributed by atoms with Crippen LogP contribution in [0, 0.1) is 5.82 Å². The first-order valence-corrected chi connectivity index (χ1v) is 12.6. The van der Waals surface area contributed by atoms with E-state index in [1.54, 1.807) is 12.1 Å². The fourth-order valence-electron chi connectivity index (χ4n) is 3.78. The number of nitrogens with zero attached hydrogens (tertiary/aromatic N) is 1. The van der Waals surface area contributed by atoms with Gasteiger partial charge in [-0.05, 0) is 54.3 Å². The Kier molecular flexibility index (Phi) is 11.5. The van der Waals surface area contributed by atoms with Crippen molar-refractivity contribution < 1.29 is 14.2 Å². The zero-order chi connectivity index (χ0) is 25.1. The van der Waals surface area contributed by atoms with Crippen LogP contribution in [-0.2, 0) is 16.8 Å². The van der Waals surface area contributed by atoms with Crippen molar-refractivity contribution in [2.75, 3.05) is 6.61 Å². The molecule has 1 aliphatic rings. The first-order valence-electron chi connectivity index (χ1n) is 11.8.